The summed E-state index contributed by atoms with van der Waals surface area (Å²) in [4.78, 5) is 30.1. The van der Waals surface area contributed by atoms with E-state index in [1.807, 2.05) is 52.2 Å². The van der Waals surface area contributed by atoms with Crippen molar-refractivity contribution in [1.29, 1.82) is 0 Å². The van der Waals surface area contributed by atoms with Gasteiger partial charge in [0.15, 0.2) is 0 Å². The van der Waals surface area contributed by atoms with Crippen LogP contribution in [-0.4, -0.2) is 53.2 Å². The van der Waals surface area contributed by atoms with Gasteiger partial charge >= 0.3 is 22.4 Å². The van der Waals surface area contributed by atoms with Crippen LogP contribution in [0.15, 0.2) is 35.9 Å². The van der Waals surface area contributed by atoms with Gasteiger partial charge in [-0.1, -0.05) is 12.1 Å². The Morgan fingerprint density at radius 2 is 1.54 bits per heavy atom. The van der Waals surface area contributed by atoms with Crippen LogP contribution in [0.1, 0.15) is 108 Å². The van der Waals surface area contributed by atoms with E-state index in [2.05, 4.69) is 15.4 Å². The lowest BCUT2D eigenvalue weighted by Crippen LogP contribution is -2.58. The minimum atomic E-state index is -3.98. The summed E-state index contributed by atoms with van der Waals surface area (Å²) in [6.45, 7) is 12.7. The van der Waals surface area contributed by atoms with Crippen molar-refractivity contribution < 1.29 is 27.5 Å². The van der Waals surface area contributed by atoms with Crippen molar-refractivity contribution in [1.82, 2.24) is 19.3 Å². The van der Waals surface area contributed by atoms with E-state index in [-0.39, 0.29) is 29.3 Å². The van der Waals surface area contributed by atoms with Crippen LogP contribution in [0.3, 0.4) is 0 Å². The molecule has 11 nitrogen and oxygen atoms in total. The molecule has 252 valence electrons. The molecule has 4 aliphatic rings. The van der Waals surface area contributed by atoms with Gasteiger partial charge in [-0.2, -0.15) is 13.1 Å². The van der Waals surface area contributed by atoms with Crippen LogP contribution in [0.4, 0.5) is 15.3 Å². The first-order valence-electron chi connectivity index (χ1n) is 15.7. The number of fused-ring (bicyclic) bond motifs is 3. The Balaban J connectivity index is 1.36. The van der Waals surface area contributed by atoms with Gasteiger partial charge in [-0.15, -0.1) is 23.1 Å². The van der Waals surface area contributed by atoms with E-state index in [0.717, 1.165) is 54.0 Å². The number of rotatable bonds is 9. The SMILES string of the molecule is CC(C)OC(=O)Nc1ccc(C2SC=C(c3cnc(C45CCC(NC(=O)OC(C)C)(CC4)CC5)s3)N2S(=O)(=O)NC(C)(C)C)cc1. The number of thiazole rings is 1. The van der Waals surface area contributed by atoms with Gasteiger partial charge in [-0.3, -0.25) is 5.32 Å². The number of aromatic nitrogens is 1. The molecule has 2 bridgehead atoms. The van der Waals surface area contributed by atoms with Crippen molar-refractivity contribution >= 4 is 56.9 Å². The standard InChI is InChI=1S/C32H45N5O6S3/c1-20(2)42-28(38)34-23-10-8-22(9-11-23)26-37(46(40,41)36-30(5,6)7)24(19-44-26)25-18-33-27(45-25)31-12-15-32(16-13-31,17-14-31)35-29(39)43-21(3)4/h8-11,18-21,26,36H,12-17H2,1-7H3,(H,34,38)(H,35,39). The van der Waals surface area contributed by atoms with E-state index in [9.17, 15) is 18.0 Å². The zero-order valence-corrected chi connectivity index (χ0v) is 30.0. The van der Waals surface area contributed by atoms with Crippen LogP contribution >= 0.6 is 23.1 Å². The molecule has 0 spiro atoms. The van der Waals surface area contributed by atoms with Gasteiger partial charge in [0, 0.05) is 28.4 Å². The summed E-state index contributed by atoms with van der Waals surface area (Å²) in [5.41, 5.74) is 0.864. The number of amides is 2. The van der Waals surface area contributed by atoms with E-state index >= 15 is 0 Å². The number of hydrogen-bond donors (Lipinski definition) is 3. The Morgan fingerprint density at radius 1 is 0.957 bits per heavy atom. The Labute approximate surface area is 280 Å². The van der Waals surface area contributed by atoms with Gasteiger partial charge < -0.3 is 14.8 Å². The number of nitrogens with zero attached hydrogens (tertiary/aromatic N) is 2. The minimum Gasteiger partial charge on any atom is -0.447 e. The molecule has 3 aliphatic carbocycles. The maximum Gasteiger partial charge on any atom is 0.411 e. The van der Waals surface area contributed by atoms with Gasteiger partial charge in [-0.05, 0) is 110 Å². The van der Waals surface area contributed by atoms with Crippen LogP contribution < -0.4 is 15.4 Å². The summed E-state index contributed by atoms with van der Waals surface area (Å²) >= 11 is 2.97. The van der Waals surface area contributed by atoms with Crippen LogP contribution in [0.25, 0.3) is 5.70 Å². The number of carbonyl (C=O) groups excluding carboxylic acids is 2. The molecule has 3 N–H and O–H groups in total. The number of hydrogen-bond acceptors (Lipinski definition) is 9. The average molecular weight is 692 g/mol. The molecular weight excluding hydrogens is 647 g/mol. The lowest BCUT2D eigenvalue weighted by Gasteiger charge is -2.52. The number of ether oxygens (including phenoxy) is 2. The molecule has 6 rings (SSSR count). The van der Waals surface area contributed by atoms with Gasteiger partial charge in [0.1, 0.15) is 5.37 Å². The van der Waals surface area contributed by atoms with E-state index in [4.69, 9.17) is 14.5 Å². The molecule has 1 unspecified atom stereocenters. The van der Waals surface area contributed by atoms with Gasteiger partial charge in [0.05, 0.1) is 27.8 Å². The predicted molar refractivity (Wildman–Crippen MR) is 183 cm³/mol. The zero-order valence-electron chi connectivity index (χ0n) is 27.5. The van der Waals surface area contributed by atoms with Gasteiger partial charge in [0.2, 0.25) is 0 Å². The molecule has 2 heterocycles. The first-order chi connectivity index (χ1) is 21.5. The van der Waals surface area contributed by atoms with E-state index < -0.39 is 27.2 Å². The number of anilines is 1. The number of nitrogens with one attached hydrogen (secondary N) is 3. The molecule has 0 saturated heterocycles. The largest absolute Gasteiger partial charge is 0.447 e. The number of alkyl carbamates (subject to hydrolysis) is 1. The second-order valence-electron chi connectivity index (χ2n) is 14.0. The van der Waals surface area contributed by atoms with Crippen LogP contribution in [0.5, 0.6) is 0 Å². The topological polar surface area (TPSA) is 139 Å². The van der Waals surface area contributed by atoms with E-state index in [1.165, 1.54) is 16.1 Å². The molecule has 0 radical (unpaired) electrons. The second-order valence-corrected chi connectivity index (χ2v) is 17.5. The fourth-order valence-corrected chi connectivity index (χ4v) is 10.9. The van der Waals surface area contributed by atoms with Crippen molar-refractivity contribution in [3.63, 3.8) is 0 Å². The molecule has 46 heavy (non-hydrogen) atoms. The minimum absolute atomic E-state index is 0.0904. The first kappa shape index (κ1) is 34.5. The lowest BCUT2D eigenvalue weighted by molar-refractivity contribution is 0.0560. The highest BCUT2D eigenvalue weighted by Gasteiger charge is 2.52. The normalized spacial score (nSPS) is 24.7. The molecule has 2 amide bonds. The Bertz CT molecular complexity index is 1560. The van der Waals surface area contributed by atoms with Crippen molar-refractivity contribution in [3.8, 4) is 0 Å². The van der Waals surface area contributed by atoms with Crippen LogP contribution in [0, 0.1) is 0 Å². The lowest BCUT2D eigenvalue weighted by atomic mass is 9.57. The van der Waals surface area contributed by atoms with Crippen molar-refractivity contribution in [2.45, 2.75) is 121 Å². The van der Waals surface area contributed by atoms with Crippen molar-refractivity contribution in [2.75, 3.05) is 5.32 Å². The number of carbonyl (C=O) groups is 2. The molecular formula is C32H45N5O6S3. The number of thioether (sulfide) groups is 1. The number of benzene rings is 1. The van der Waals surface area contributed by atoms with Gasteiger partial charge in [-0.25, -0.2) is 18.9 Å². The summed E-state index contributed by atoms with van der Waals surface area (Å²) < 4.78 is 42.8. The molecule has 2 aromatic rings. The second kappa shape index (κ2) is 13.0. The summed E-state index contributed by atoms with van der Waals surface area (Å²) in [6, 6.07) is 7.12. The summed E-state index contributed by atoms with van der Waals surface area (Å²) in [6.07, 6.45) is 5.73. The quantitative estimate of drug-likeness (QED) is 0.250. The average Bonchev–Trinajstić information content (AvgIpc) is 3.61. The molecule has 3 fully saturated rings. The Kier molecular flexibility index (Phi) is 9.76. The summed E-state index contributed by atoms with van der Waals surface area (Å²) in [5, 5.41) is 8.21. The monoisotopic (exact) mass is 691 g/mol. The predicted octanol–water partition coefficient (Wildman–Crippen LogP) is 7.26. The van der Waals surface area contributed by atoms with Gasteiger partial charge in [0.25, 0.3) is 0 Å². The smallest absolute Gasteiger partial charge is 0.411 e. The first-order valence-corrected chi connectivity index (χ1v) is 18.9. The third kappa shape index (κ3) is 7.66. The third-order valence-corrected chi connectivity index (χ3v) is 12.7. The Morgan fingerprint density at radius 3 is 2.11 bits per heavy atom. The zero-order chi connectivity index (χ0) is 33.5. The highest BCUT2D eigenvalue weighted by Crippen LogP contribution is 2.56. The summed E-state index contributed by atoms with van der Waals surface area (Å²) in [7, 11) is -3.98. The Hall–Kier alpha value is -2.81. The maximum atomic E-state index is 14.0. The molecule has 1 atom stereocenters. The van der Waals surface area contributed by atoms with Crippen LogP contribution in [-0.2, 0) is 25.1 Å². The van der Waals surface area contributed by atoms with Crippen molar-refractivity contribution in [3.05, 3.63) is 51.3 Å². The summed E-state index contributed by atoms with van der Waals surface area (Å²) in [5.74, 6) is 0. The highest BCUT2D eigenvalue weighted by molar-refractivity contribution is 8.03. The van der Waals surface area contributed by atoms with Crippen LogP contribution in [0.2, 0.25) is 0 Å². The fraction of sp³-hybridized carbons (Fsp3) is 0.594. The fourth-order valence-electron chi connectivity index (χ4n) is 6.32. The maximum absolute atomic E-state index is 14.0. The third-order valence-electron chi connectivity index (χ3n) is 8.41. The molecule has 1 aromatic heterocycles. The highest BCUT2D eigenvalue weighted by atomic mass is 32.2. The van der Waals surface area contributed by atoms with E-state index in [0.29, 0.717) is 11.4 Å². The van der Waals surface area contributed by atoms with Crippen molar-refractivity contribution in [2.24, 2.45) is 0 Å². The molecule has 14 heteroatoms. The van der Waals surface area contributed by atoms with E-state index in [1.54, 1.807) is 43.5 Å². The molecule has 3 saturated carbocycles. The molecule has 1 aliphatic heterocycles. The molecule has 1 aromatic carbocycles.